The summed E-state index contributed by atoms with van der Waals surface area (Å²) in [5.41, 5.74) is 6.53. The molecule has 0 fully saturated rings. The summed E-state index contributed by atoms with van der Waals surface area (Å²) < 4.78 is 3.32. The molecule has 0 radical (unpaired) electrons. The molecule has 1 heterocycles. The van der Waals surface area contributed by atoms with Crippen LogP contribution in [0.25, 0.3) is 10.1 Å². The van der Waals surface area contributed by atoms with E-state index in [-0.39, 0.29) is 0 Å². The van der Waals surface area contributed by atoms with Gasteiger partial charge in [0.25, 0.3) is 0 Å². The summed E-state index contributed by atoms with van der Waals surface area (Å²) >= 11 is 8.61. The van der Waals surface area contributed by atoms with Gasteiger partial charge in [-0.15, -0.1) is 11.3 Å². The molecule has 0 saturated heterocycles. The molecular formula is C8H5Br2NS. The lowest BCUT2D eigenvalue weighted by Crippen LogP contribution is -1.84. The number of anilines is 1. The highest BCUT2D eigenvalue weighted by molar-refractivity contribution is 9.11. The molecule has 0 saturated carbocycles. The molecular weight excluding hydrogens is 302 g/mol. The van der Waals surface area contributed by atoms with Gasteiger partial charge >= 0.3 is 0 Å². The van der Waals surface area contributed by atoms with Crippen LogP contribution in [0.4, 0.5) is 5.69 Å². The van der Waals surface area contributed by atoms with Crippen LogP contribution < -0.4 is 5.73 Å². The van der Waals surface area contributed by atoms with Crippen molar-refractivity contribution in [2.45, 2.75) is 0 Å². The van der Waals surface area contributed by atoms with E-state index >= 15 is 0 Å². The second-order valence-corrected chi connectivity index (χ2v) is 4.96. The van der Waals surface area contributed by atoms with E-state index in [9.17, 15) is 0 Å². The van der Waals surface area contributed by atoms with E-state index in [0.29, 0.717) is 0 Å². The number of hydrogen-bond donors (Lipinski definition) is 1. The average molecular weight is 307 g/mol. The van der Waals surface area contributed by atoms with Gasteiger partial charge in [0.1, 0.15) is 0 Å². The van der Waals surface area contributed by atoms with Crippen LogP contribution in [-0.4, -0.2) is 0 Å². The molecule has 62 valence electrons. The number of hydrogen-bond acceptors (Lipinski definition) is 2. The van der Waals surface area contributed by atoms with E-state index in [0.717, 1.165) is 14.6 Å². The number of halogens is 2. The molecule has 0 bridgehead atoms. The summed E-state index contributed by atoms with van der Waals surface area (Å²) in [5.74, 6) is 0. The molecule has 4 heteroatoms. The van der Waals surface area contributed by atoms with Gasteiger partial charge < -0.3 is 5.73 Å². The SMILES string of the molecule is Nc1ccc2c(Br)csc2c1Br. The highest BCUT2D eigenvalue weighted by atomic mass is 79.9. The van der Waals surface area contributed by atoms with Crippen LogP contribution in [0.2, 0.25) is 0 Å². The number of fused-ring (bicyclic) bond motifs is 1. The number of nitrogen functional groups attached to an aromatic ring is 1. The molecule has 2 aromatic rings. The Hall–Kier alpha value is -0.0600. The predicted molar refractivity (Wildman–Crippen MR) is 61.6 cm³/mol. The molecule has 0 aliphatic rings. The summed E-state index contributed by atoms with van der Waals surface area (Å²) in [5, 5.41) is 3.27. The first-order valence-corrected chi connectivity index (χ1v) is 5.77. The van der Waals surface area contributed by atoms with Crippen LogP contribution in [0.1, 0.15) is 0 Å². The van der Waals surface area contributed by atoms with Gasteiger partial charge in [0.2, 0.25) is 0 Å². The smallest absolute Gasteiger partial charge is 0.0583 e. The van der Waals surface area contributed by atoms with Crippen LogP contribution in [0.3, 0.4) is 0 Å². The van der Waals surface area contributed by atoms with Gasteiger partial charge in [0, 0.05) is 20.9 Å². The first-order chi connectivity index (χ1) is 5.70. The summed E-state index contributed by atoms with van der Waals surface area (Å²) in [4.78, 5) is 0. The third-order valence-electron chi connectivity index (χ3n) is 1.66. The Balaban J connectivity index is 2.93. The van der Waals surface area contributed by atoms with E-state index in [2.05, 4.69) is 37.2 Å². The lowest BCUT2D eigenvalue weighted by molar-refractivity contribution is 1.73. The van der Waals surface area contributed by atoms with Gasteiger partial charge in [0.05, 0.1) is 9.17 Å². The average Bonchev–Trinajstić information content (AvgIpc) is 2.41. The van der Waals surface area contributed by atoms with Gasteiger partial charge in [-0.1, -0.05) is 6.07 Å². The summed E-state index contributed by atoms with van der Waals surface area (Å²) in [7, 11) is 0. The zero-order chi connectivity index (χ0) is 8.72. The minimum atomic E-state index is 0.789. The monoisotopic (exact) mass is 305 g/mol. The van der Waals surface area contributed by atoms with Gasteiger partial charge in [-0.05, 0) is 37.9 Å². The topological polar surface area (TPSA) is 26.0 Å². The fourth-order valence-electron chi connectivity index (χ4n) is 1.05. The fraction of sp³-hybridized carbons (Fsp3) is 0. The van der Waals surface area contributed by atoms with Crippen molar-refractivity contribution in [1.82, 2.24) is 0 Å². The quantitative estimate of drug-likeness (QED) is 0.731. The molecule has 0 aliphatic heterocycles. The summed E-state index contributed by atoms with van der Waals surface area (Å²) in [6.45, 7) is 0. The minimum absolute atomic E-state index is 0.789. The van der Waals surface area contributed by atoms with Crippen LogP contribution in [0.5, 0.6) is 0 Å². The zero-order valence-corrected chi connectivity index (χ0v) is 9.96. The fourth-order valence-corrected chi connectivity index (χ4v) is 3.29. The van der Waals surface area contributed by atoms with Crippen molar-refractivity contribution >= 4 is 59.0 Å². The molecule has 0 spiro atoms. The summed E-state index contributed by atoms with van der Waals surface area (Å²) in [6.07, 6.45) is 0. The number of thiophene rings is 1. The second kappa shape index (κ2) is 3.01. The lowest BCUT2D eigenvalue weighted by atomic mass is 10.2. The number of rotatable bonds is 0. The molecule has 0 aliphatic carbocycles. The van der Waals surface area contributed by atoms with Crippen molar-refractivity contribution in [1.29, 1.82) is 0 Å². The molecule has 0 amide bonds. The Kier molecular flexibility index (Phi) is 2.14. The van der Waals surface area contributed by atoms with Crippen LogP contribution >= 0.6 is 43.2 Å². The highest BCUT2D eigenvalue weighted by Gasteiger charge is 2.06. The van der Waals surface area contributed by atoms with Crippen molar-refractivity contribution in [2.75, 3.05) is 5.73 Å². The third kappa shape index (κ3) is 1.18. The van der Waals surface area contributed by atoms with Crippen molar-refractivity contribution in [3.8, 4) is 0 Å². The molecule has 2 rings (SSSR count). The van der Waals surface area contributed by atoms with Crippen molar-refractivity contribution in [2.24, 2.45) is 0 Å². The Morgan fingerprint density at radius 3 is 2.75 bits per heavy atom. The normalized spacial score (nSPS) is 10.8. The van der Waals surface area contributed by atoms with E-state index in [4.69, 9.17) is 5.73 Å². The van der Waals surface area contributed by atoms with Crippen LogP contribution in [0, 0.1) is 0 Å². The molecule has 1 aromatic heterocycles. The minimum Gasteiger partial charge on any atom is -0.398 e. The van der Waals surface area contributed by atoms with Crippen molar-refractivity contribution in [3.05, 3.63) is 26.5 Å². The lowest BCUT2D eigenvalue weighted by Gasteiger charge is -1.98. The Labute approximate surface area is 90.8 Å². The molecule has 0 unspecified atom stereocenters. The van der Waals surface area contributed by atoms with Crippen LogP contribution in [-0.2, 0) is 0 Å². The van der Waals surface area contributed by atoms with Crippen LogP contribution in [0.15, 0.2) is 26.5 Å². The third-order valence-corrected chi connectivity index (χ3v) is 4.75. The van der Waals surface area contributed by atoms with Gasteiger partial charge in [-0.25, -0.2) is 0 Å². The van der Waals surface area contributed by atoms with E-state index < -0.39 is 0 Å². The van der Waals surface area contributed by atoms with Gasteiger partial charge in [-0.3, -0.25) is 0 Å². The highest BCUT2D eigenvalue weighted by Crippen LogP contribution is 2.37. The molecule has 12 heavy (non-hydrogen) atoms. The first kappa shape index (κ1) is 8.53. The van der Waals surface area contributed by atoms with E-state index in [1.54, 1.807) is 11.3 Å². The second-order valence-electron chi connectivity index (χ2n) is 2.43. The van der Waals surface area contributed by atoms with Gasteiger partial charge in [-0.2, -0.15) is 0 Å². The zero-order valence-electron chi connectivity index (χ0n) is 5.97. The Morgan fingerprint density at radius 2 is 2.00 bits per heavy atom. The molecule has 0 atom stereocenters. The van der Waals surface area contributed by atoms with E-state index in [1.807, 2.05) is 12.1 Å². The summed E-state index contributed by atoms with van der Waals surface area (Å²) in [6, 6.07) is 3.93. The number of benzene rings is 1. The maximum atomic E-state index is 5.74. The molecule has 1 aromatic carbocycles. The predicted octanol–water partition coefficient (Wildman–Crippen LogP) is 4.01. The van der Waals surface area contributed by atoms with Crippen molar-refractivity contribution < 1.29 is 0 Å². The first-order valence-electron chi connectivity index (χ1n) is 3.31. The van der Waals surface area contributed by atoms with E-state index in [1.165, 1.54) is 10.1 Å². The number of nitrogens with two attached hydrogens (primary N) is 1. The Bertz CT molecular complexity index is 436. The van der Waals surface area contributed by atoms with Crippen molar-refractivity contribution in [3.63, 3.8) is 0 Å². The Morgan fingerprint density at radius 1 is 1.25 bits per heavy atom. The molecule has 2 N–H and O–H groups in total. The molecule has 1 nitrogen and oxygen atoms in total. The van der Waals surface area contributed by atoms with Gasteiger partial charge in [0.15, 0.2) is 0 Å². The maximum absolute atomic E-state index is 5.74. The maximum Gasteiger partial charge on any atom is 0.0583 e. The largest absolute Gasteiger partial charge is 0.398 e. The standard InChI is InChI=1S/C8H5Br2NS/c9-5-3-12-8-4(5)1-2-6(11)7(8)10/h1-3H,11H2.